The van der Waals surface area contributed by atoms with Crippen LogP contribution >= 0.6 is 0 Å². The van der Waals surface area contributed by atoms with Gasteiger partial charge in [0.05, 0.1) is 12.4 Å². The van der Waals surface area contributed by atoms with E-state index in [0.29, 0.717) is 6.42 Å². The predicted molar refractivity (Wildman–Crippen MR) is 69.2 cm³/mol. The Morgan fingerprint density at radius 2 is 2.35 bits per heavy atom. The van der Waals surface area contributed by atoms with Gasteiger partial charge in [-0.25, -0.2) is 9.59 Å². The Hall–Kier alpha value is -2.02. The van der Waals surface area contributed by atoms with Crippen LogP contribution in [-0.4, -0.2) is 51.8 Å². The average Bonchev–Trinajstić information content (AvgIpc) is 2.97. The van der Waals surface area contributed by atoms with Crippen molar-refractivity contribution in [3.63, 3.8) is 0 Å². The van der Waals surface area contributed by atoms with Crippen molar-refractivity contribution in [2.24, 2.45) is 0 Å². The number of carboxylic acids is 1. The summed E-state index contributed by atoms with van der Waals surface area (Å²) >= 11 is 0. The van der Waals surface area contributed by atoms with E-state index >= 15 is 0 Å². The molecule has 2 rings (SSSR count). The van der Waals surface area contributed by atoms with Gasteiger partial charge in [0.2, 0.25) is 0 Å². The van der Waals surface area contributed by atoms with Crippen LogP contribution in [0.25, 0.3) is 0 Å². The number of carbonyl (C=O) groups excluding carboxylic acids is 1. The molecule has 0 saturated carbocycles. The van der Waals surface area contributed by atoms with Crippen molar-refractivity contribution < 1.29 is 24.2 Å². The lowest BCUT2D eigenvalue weighted by Crippen LogP contribution is -2.49. The maximum Gasteiger partial charge on any atom is 0.326 e. The van der Waals surface area contributed by atoms with Gasteiger partial charge in [-0.2, -0.15) is 0 Å². The second-order valence-corrected chi connectivity index (χ2v) is 5.03. The zero-order valence-electron chi connectivity index (χ0n) is 11.2. The monoisotopic (exact) mass is 282 g/mol. The molecule has 0 bridgehead atoms. The molecule has 1 fully saturated rings. The summed E-state index contributed by atoms with van der Waals surface area (Å²) in [5.74, 6) is -0.357. The van der Waals surface area contributed by atoms with Crippen LogP contribution in [-0.2, 0) is 11.2 Å². The molecule has 7 nitrogen and oxygen atoms in total. The first-order valence-electron chi connectivity index (χ1n) is 6.47. The van der Waals surface area contributed by atoms with Gasteiger partial charge < -0.3 is 24.8 Å². The minimum atomic E-state index is -1.10. The molecule has 1 aromatic heterocycles. The summed E-state index contributed by atoms with van der Waals surface area (Å²) in [5, 5.41) is 21.3. The summed E-state index contributed by atoms with van der Waals surface area (Å²) in [6, 6.07) is 1.93. The van der Waals surface area contributed by atoms with Crippen LogP contribution in [0.5, 0.6) is 0 Å². The first-order chi connectivity index (χ1) is 9.47. The minimum Gasteiger partial charge on any atom is -0.480 e. The third-order valence-corrected chi connectivity index (χ3v) is 3.28. The van der Waals surface area contributed by atoms with Crippen LogP contribution in [0, 0.1) is 0 Å². The Balaban J connectivity index is 1.92. The fourth-order valence-electron chi connectivity index (χ4n) is 2.35. The number of aliphatic hydroxyl groups excluding tert-OH is 1. The van der Waals surface area contributed by atoms with E-state index in [2.05, 4.69) is 5.32 Å². The number of likely N-dealkylation sites (tertiary alicyclic amines) is 1. The van der Waals surface area contributed by atoms with Crippen molar-refractivity contribution >= 4 is 12.0 Å². The number of nitrogens with zero attached hydrogens (tertiary/aromatic N) is 1. The van der Waals surface area contributed by atoms with Gasteiger partial charge in [0.15, 0.2) is 0 Å². The van der Waals surface area contributed by atoms with E-state index in [-0.39, 0.29) is 19.0 Å². The van der Waals surface area contributed by atoms with Crippen molar-refractivity contribution in [1.82, 2.24) is 10.2 Å². The molecule has 0 spiro atoms. The lowest BCUT2D eigenvalue weighted by Gasteiger charge is -2.23. The highest BCUT2D eigenvalue weighted by Crippen LogP contribution is 2.18. The van der Waals surface area contributed by atoms with Gasteiger partial charge >= 0.3 is 12.0 Å². The average molecular weight is 282 g/mol. The third-order valence-electron chi connectivity index (χ3n) is 3.28. The molecule has 0 aliphatic carbocycles. The van der Waals surface area contributed by atoms with E-state index in [1.54, 1.807) is 12.3 Å². The molecule has 2 heterocycles. The van der Waals surface area contributed by atoms with Crippen molar-refractivity contribution in [2.75, 3.05) is 6.54 Å². The maximum absolute atomic E-state index is 12.1. The van der Waals surface area contributed by atoms with E-state index < -0.39 is 24.1 Å². The van der Waals surface area contributed by atoms with E-state index in [1.807, 2.05) is 13.0 Å². The summed E-state index contributed by atoms with van der Waals surface area (Å²) < 4.78 is 5.19. The van der Waals surface area contributed by atoms with Crippen molar-refractivity contribution in [3.05, 3.63) is 24.2 Å². The molecule has 1 aromatic rings. The van der Waals surface area contributed by atoms with E-state index in [9.17, 15) is 14.7 Å². The van der Waals surface area contributed by atoms with E-state index in [4.69, 9.17) is 9.52 Å². The lowest BCUT2D eigenvalue weighted by molar-refractivity contribution is -0.141. The van der Waals surface area contributed by atoms with E-state index in [1.165, 1.54) is 0 Å². The zero-order valence-corrected chi connectivity index (χ0v) is 11.2. The Bertz CT molecular complexity index is 473. The molecule has 0 radical (unpaired) electrons. The van der Waals surface area contributed by atoms with Crippen molar-refractivity contribution in [2.45, 2.75) is 38.0 Å². The zero-order chi connectivity index (χ0) is 14.7. The molecule has 110 valence electrons. The topological polar surface area (TPSA) is 103 Å². The van der Waals surface area contributed by atoms with Crippen molar-refractivity contribution in [3.8, 4) is 0 Å². The van der Waals surface area contributed by atoms with Crippen molar-refractivity contribution in [1.29, 1.82) is 0 Å². The van der Waals surface area contributed by atoms with Crippen LogP contribution in [0.3, 0.4) is 0 Å². The number of aliphatic carboxylic acids is 1. The third kappa shape index (κ3) is 3.30. The molecule has 0 aromatic carbocycles. The fourth-order valence-corrected chi connectivity index (χ4v) is 2.35. The molecule has 20 heavy (non-hydrogen) atoms. The summed E-state index contributed by atoms with van der Waals surface area (Å²) in [5.41, 5.74) is 0. The normalized spacial score (nSPS) is 23.6. The second kappa shape index (κ2) is 5.96. The van der Waals surface area contributed by atoms with Crippen LogP contribution in [0.1, 0.15) is 19.1 Å². The van der Waals surface area contributed by atoms with Gasteiger partial charge in [0.25, 0.3) is 0 Å². The summed E-state index contributed by atoms with van der Waals surface area (Å²) in [6.07, 6.45) is 1.35. The number of urea groups is 1. The highest BCUT2D eigenvalue weighted by atomic mass is 16.4. The van der Waals surface area contributed by atoms with Crippen LogP contribution in [0.4, 0.5) is 4.79 Å². The molecule has 1 saturated heterocycles. The molecule has 3 unspecified atom stereocenters. The largest absolute Gasteiger partial charge is 0.480 e. The molecule has 7 heteroatoms. The lowest BCUT2D eigenvalue weighted by atomic mass is 10.2. The Kier molecular flexibility index (Phi) is 4.29. The fraction of sp³-hybridized carbons (Fsp3) is 0.538. The quantitative estimate of drug-likeness (QED) is 0.743. The molecule has 3 N–H and O–H groups in total. The first-order valence-corrected chi connectivity index (χ1v) is 6.47. The van der Waals surface area contributed by atoms with Gasteiger partial charge in [0, 0.05) is 25.4 Å². The number of carboxylic acid groups (broad SMARTS) is 1. The molecule has 2 amide bonds. The summed E-state index contributed by atoms with van der Waals surface area (Å²) in [6.45, 7) is 1.85. The second-order valence-electron chi connectivity index (χ2n) is 5.03. The maximum atomic E-state index is 12.1. The van der Waals surface area contributed by atoms with Gasteiger partial charge in [-0.05, 0) is 19.1 Å². The highest BCUT2D eigenvalue weighted by molar-refractivity contribution is 5.83. The number of hydrogen-bond donors (Lipinski definition) is 3. The van der Waals surface area contributed by atoms with Crippen LogP contribution in [0.2, 0.25) is 0 Å². The van der Waals surface area contributed by atoms with Gasteiger partial charge in [-0.1, -0.05) is 0 Å². The SMILES string of the molecule is CC(Cc1ccco1)NC(=O)N1CC(O)CC1C(=O)O. The summed E-state index contributed by atoms with van der Waals surface area (Å²) in [7, 11) is 0. The van der Waals surface area contributed by atoms with Crippen LogP contribution < -0.4 is 5.32 Å². The number of nitrogens with one attached hydrogen (secondary N) is 1. The highest BCUT2D eigenvalue weighted by Gasteiger charge is 2.39. The first kappa shape index (κ1) is 14.4. The van der Waals surface area contributed by atoms with Gasteiger partial charge in [-0.15, -0.1) is 0 Å². The molecular formula is C13H18N2O5. The Labute approximate surface area is 116 Å². The number of aliphatic hydroxyl groups is 1. The van der Waals surface area contributed by atoms with Gasteiger partial charge in [0.1, 0.15) is 11.8 Å². The standard InChI is InChI=1S/C13H18N2O5/c1-8(5-10-3-2-4-20-10)14-13(19)15-7-9(16)6-11(15)12(17)18/h2-4,8-9,11,16H,5-7H2,1H3,(H,14,19)(H,17,18). The predicted octanol–water partition coefficient (Wildman–Crippen LogP) is 0.440. The molecular weight excluding hydrogens is 264 g/mol. The molecule has 1 aliphatic rings. The minimum absolute atomic E-state index is 0.0380. The summed E-state index contributed by atoms with van der Waals surface area (Å²) in [4.78, 5) is 24.3. The number of rotatable bonds is 4. The van der Waals surface area contributed by atoms with E-state index in [0.717, 1.165) is 10.7 Å². The molecule has 3 atom stereocenters. The number of furan rings is 1. The number of β-amino-alcohol motifs (C(OH)–C–C–N with tert-alkyl or cyclic N) is 1. The number of hydrogen-bond acceptors (Lipinski definition) is 4. The number of carbonyl (C=O) groups is 2. The molecule has 1 aliphatic heterocycles. The smallest absolute Gasteiger partial charge is 0.326 e. The number of amides is 2. The van der Waals surface area contributed by atoms with Gasteiger partial charge in [-0.3, -0.25) is 0 Å². The Morgan fingerprint density at radius 3 is 2.95 bits per heavy atom. The Morgan fingerprint density at radius 1 is 1.60 bits per heavy atom. The van der Waals surface area contributed by atoms with Crippen LogP contribution in [0.15, 0.2) is 22.8 Å².